The summed E-state index contributed by atoms with van der Waals surface area (Å²) in [5, 5.41) is 0. The van der Waals surface area contributed by atoms with E-state index in [1.807, 2.05) is 20.8 Å². The van der Waals surface area contributed by atoms with Crippen molar-refractivity contribution in [1.29, 1.82) is 0 Å². The highest BCUT2D eigenvalue weighted by Gasteiger charge is 2.26. The Morgan fingerprint density at radius 1 is 0.941 bits per heavy atom. The van der Waals surface area contributed by atoms with E-state index in [1.165, 1.54) is 24.3 Å². The third-order valence-corrected chi connectivity index (χ3v) is 6.59. The summed E-state index contributed by atoms with van der Waals surface area (Å²) in [7, 11) is -3.81. The fraction of sp³-hybridized carbons (Fsp3) is 0.417. The first-order valence-electron chi connectivity index (χ1n) is 11.3. The predicted octanol–water partition coefficient (Wildman–Crippen LogP) is 3.44. The molecular weight excluding hydrogens is 458 g/mol. The fourth-order valence-corrected chi connectivity index (χ4v) is 4.44. The van der Waals surface area contributed by atoms with E-state index in [2.05, 4.69) is 4.72 Å². The van der Waals surface area contributed by atoms with Gasteiger partial charge in [0.1, 0.15) is 5.75 Å². The van der Waals surface area contributed by atoms with Crippen LogP contribution in [0, 0.1) is 5.92 Å². The Labute approximate surface area is 200 Å². The van der Waals surface area contributed by atoms with Crippen molar-refractivity contribution in [3.63, 3.8) is 0 Å². The molecule has 3 rings (SSSR count). The Hall–Kier alpha value is -3.27. The summed E-state index contributed by atoms with van der Waals surface area (Å²) in [5.74, 6) is 0.704. The minimum Gasteiger partial charge on any atom is -0.494 e. The van der Waals surface area contributed by atoms with Crippen LogP contribution in [-0.2, 0) is 14.8 Å². The van der Waals surface area contributed by atoms with Crippen molar-refractivity contribution in [2.24, 2.45) is 5.92 Å². The molecule has 0 atom stereocenters. The second-order valence-corrected chi connectivity index (χ2v) is 10.0. The summed E-state index contributed by atoms with van der Waals surface area (Å²) < 4.78 is 38.5. The van der Waals surface area contributed by atoms with Crippen molar-refractivity contribution >= 4 is 27.7 Å². The van der Waals surface area contributed by atoms with E-state index in [4.69, 9.17) is 9.47 Å². The zero-order chi connectivity index (χ0) is 24.7. The minimum atomic E-state index is -3.81. The lowest BCUT2D eigenvalue weighted by atomic mass is 10.2. The van der Waals surface area contributed by atoms with E-state index in [0.29, 0.717) is 56.4 Å². The van der Waals surface area contributed by atoms with Gasteiger partial charge < -0.3 is 19.3 Å². The predicted molar refractivity (Wildman–Crippen MR) is 129 cm³/mol. The Kier molecular flexibility index (Phi) is 8.38. The van der Waals surface area contributed by atoms with Gasteiger partial charge in [0.2, 0.25) is 0 Å². The van der Waals surface area contributed by atoms with E-state index in [1.54, 1.807) is 34.1 Å². The zero-order valence-corrected chi connectivity index (χ0v) is 20.5. The van der Waals surface area contributed by atoms with Crippen molar-refractivity contribution in [2.75, 3.05) is 44.1 Å². The van der Waals surface area contributed by atoms with Gasteiger partial charge >= 0.3 is 6.09 Å². The summed E-state index contributed by atoms with van der Waals surface area (Å²) >= 11 is 0. The molecule has 2 aromatic rings. The average Bonchev–Trinajstić information content (AvgIpc) is 2.83. The first-order chi connectivity index (χ1) is 16.2. The van der Waals surface area contributed by atoms with Gasteiger partial charge in [0, 0.05) is 37.4 Å². The lowest BCUT2D eigenvalue weighted by Gasteiger charge is -2.34. The van der Waals surface area contributed by atoms with Gasteiger partial charge in [0.25, 0.3) is 15.9 Å². The Bertz CT molecular complexity index is 1080. The van der Waals surface area contributed by atoms with Crippen LogP contribution in [0.1, 0.15) is 31.1 Å². The van der Waals surface area contributed by atoms with E-state index >= 15 is 0 Å². The molecule has 1 fully saturated rings. The quantitative estimate of drug-likeness (QED) is 0.609. The maximum absolute atomic E-state index is 12.8. The van der Waals surface area contributed by atoms with Crippen LogP contribution in [-0.4, -0.2) is 69.6 Å². The van der Waals surface area contributed by atoms with Crippen LogP contribution in [0.4, 0.5) is 10.5 Å². The molecule has 1 saturated heterocycles. The zero-order valence-electron chi connectivity index (χ0n) is 19.7. The molecule has 1 N–H and O–H groups in total. The molecule has 0 spiro atoms. The van der Waals surface area contributed by atoms with Crippen molar-refractivity contribution in [3.8, 4) is 5.75 Å². The molecule has 1 heterocycles. The standard InChI is InChI=1S/C24H31N3O6S/c1-4-32-21-9-7-20(8-10-21)25-34(30,31)22-11-5-19(6-12-22)23(28)26-13-15-27(16-14-26)24(29)33-17-18(2)3/h5-12,18,25H,4,13-17H2,1-3H3. The number of hydrogen-bond acceptors (Lipinski definition) is 6. The van der Waals surface area contributed by atoms with Crippen molar-refractivity contribution in [1.82, 2.24) is 9.80 Å². The lowest BCUT2D eigenvalue weighted by molar-refractivity contribution is 0.0535. The average molecular weight is 490 g/mol. The van der Waals surface area contributed by atoms with E-state index in [9.17, 15) is 18.0 Å². The van der Waals surface area contributed by atoms with E-state index in [0.717, 1.165) is 0 Å². The fourth-order valence-electron chi connectivity index (χ4n) is 3.38. The highest BCUT2D eigenvalue weighted by Crippen LogP contribution is 2.20. The maximum atomic E-state index is 12.8. The van der Waals surface area contributed by atoms with Crippen LogP contribution >= 0.6 is 0 Å². The van der Waals surface area contributed by atoms with Gasteiger partial charge in [-0.15, -0.1) is 0 Å². The number of anilines is 1. The number of carbonyl (C=O) groups is 2. The molecule has 0 aromatic heterocycles. The van der Waals surface area contributed by atoms with Crippen molar-refractivity contribution in [2.45, 2.75) is 25.7 Å². The van der Waals surface area contributed by atoms with Gasteiger partial charge in [-0.3, -0.25) is 9.52 Å². The second-order valence-electron chi connectivity index (χ2n) is 8.34. The Morgan fingerprint density at radius 3 is 2.09 bits per heavy atom. The number of ether oxygens (including phenoxy) is 2. The molecule has 184 valence electrons. The van der Waals surface area contributed by atoms with Crippen molar-refractivity contribution < 1.29 is 27.5 Å². The number of amides is 2. The lowest BCUT2D eigenvalue weighted by Crippen LogP contribution is -2.50. The van der Waals surface area contributed by atoms with Gasteiger partial charge in [0.15, 0.2) is 0 Å². The number of hydrogen-bond donors (Lipinski definition) is 1. The molecular formula is C24H31N3O6S. The van der Waals surface area contributed by atoms with Crippen LogP contribution in [0.3, 0.4) is 0 Å². The van der Waals surface area contributed by atoms with Gasteiger partial charge in [-0.1, -0.05) is 13.8 Å². The maximum Gasteiger partial charge on any atom is 0.409 e. The monoisotopic (exact) mass is 489 g/mol. The number of rotatable bonds is 8. The van der Waals surface area contributed by atoms with Crippen LogP contribution in [0.15, 0.2) is 53.4 Å². The van der Waals surface area contributed by atoms with Crippen LogP contribution in [0.2, 0.25) is 0 Å². The first kappa shape index (κ1) is 25.4. The minimum absolute atomic E-state index is 0.0515. The van der Waals surface area contributed by atoms with E-state index < -0.39 is 10.0 Å². The molecule has 0 radical (unpaired) electrons. The SMILES string of the molecule is CCOc1ccc(NS(=O)(=O)c2ccc(C(=O)N3CCN(C(=O)OCC(C)C)CC3)cc2)cc1. The molecule has 1 aliphatic rings. The van der Waals surface area contributed by atoms with Crippen molar-refractivity contribution in [3.05, 3.63) is 54.1 Å². The molecule has 2 aromatic carbocycles. The number of nitrogens with one attached hydrogen (secondary N) is 1. The van der Waals surface area contributed by atoms with Crippen LogP contribution < -0.4 is 9.46 Å². The molecule has 9 nitrogen and oxygen atoms in total. The Morgan fingerprint density at radius 2 is 1.53 bits per heavy atom. The normalized spacial score (nSPS) is 14.1. The molecule has 0 bridgehead atoms. The third kappa shape index (κ3) is 6.63. The molecule has 0 saturated carbocycles. The summed E-state index contributed by atoms with van der Waals surface area (Å²) in [5.41, 5.74) is 0.796. The van der Waals surface area contributed by atoms with Crippen LogP contribution in [0.25, 0.3) is 0 Å². The summed E-state index contributed by atoms with van der Waals surface area (Å²) in [6, 6.07) is 12.4. The van der Waals surface area contributed by atoms with Gasteiger partial charge in [0.05, 0.1) is 18.1 Å². The van der Waals surface area contributed by atoms with Gasteiger partial charge in [-0.2, -0.15) is 0 Å². The topological polar surface area (TPSA) is 105 Å². The number of benzene rings is 2. The number of nitrogens with zero attached hydrogens (tertiary/aromatic N) is 2. The molecule has 1 aliphatic heterocycles. The smallest absolute Gasteiger partial charge is 0.409 e. The molecule has 2 amide bonds. The van der Waals surface area contributed by atoms with Gasteiger partial charge in [-0.05, 0) is 61.4 Å². The molecule has 0 unspecified atom stereocenters. The molecule has 10 heteroatoms. The second kappa shape index (κ2) is 11.2. The van der Waals surface area contributed by atoms with E-state index in [-0.39, 0.29) is 22.8 Å². The summed E-state index contributed by atoms with van der Waals surface area (Å²) in [4.78, 5) is 28.2. The number of sulfonamides is 1. The number of piperazine rings is 1. The van der Waals surface area contributed by atoms with Crippen LogP contribution in [0.5, 0.6) is 5.75 Å². The Balaban J connectivity index is 1.57. The summed E-state index contributed by atoms with van der Waals surface area (Å²) in [6.45, 7) is 8.24. The third-order valence-electron chi connectivity index (χ3n) is 5.19. The van der Waals surface area contributed by atoms with Gasteiger partial charge in [-0.25, -0.2) is 13.2 Å². The summed E-state index contributed by atoms with van der Waals surface area (Å²) in [6.07, 6.45) is -0.365. The molecule has 0 aliphatic carbocycles. The first-order valence-corrected chi connectivity index (χ1v) is 12.7. The largest absolute Gasteiger partial charge is 0.494 e. The highest BCUT2D eigenvalue weighted by atomic mass is 32.2. The highest BCUT2D eigenvalue weighted by molar-refractivity contribution is 7.92. The number of carbonyl (C=O) groups excluding carboxylic acids is 2. The molecule has 34 heavy (non-hydrogen) atoms.